The molecule has 0 spiro atoms. The van der Waals surface area contributed by atoms with Crippen LogP contribution in [0.5, 0.6) is 0 Å². The second-order valence-corrected chi connectivity index (χ2v) is 4.82. The summed E-state index contributed by atoms with van der Waals surface area (Å²) < 4.78 is 1.36. The van der Waals surface area contributed by atoms with Crippen LogP contribution in [0, 0.1) is 0 Å². The first-order chi connectivity index (χ1) is 9.97. The Morgan fingerprint density at radius 1 is 1.29 bits per heavy atom. The highest BCUT2D eigenvalue weighted by Gasteiger charge is 2.27. The Kier molecular flexibility index (Phi) is 4.07. The minimum absolute atomic E-state index is 0.117. The molecule has 21 heavy (non-hydrogen) atoms. The number of hydrogen-bond donors (Lipinski definition) is 2. The molecule has 0 aliphatic carbocycles. The summed E-state index contributed by atoms with van der Waals surface area (Å²) >= 11 is 0. The second kappa shape index (κ2) is 5.78. The monoisotopic (exact) mass is 286 g/mol. The Balaban J connectivity index is 2.64. The van der Waals surface area contributed by atoms with Crippen LogP contribution in [-0.4, -0.2) is 21.5 Å². The highest BCUT2D eigenvalue weighted by molar-refractivity contribution is 6.17. The van der Waals surface area contributed by atoms with E-state index in [0.717, 1.165) is 6.42 Å². The number of aromatic nitrogens is 2. The van der Waals surface area contributed by atoms with Crippen LogP contribution in [0.1, 0.15) is 45.4 Å². The molecule has 4 N–H and O–H groups in total. The first-order valence-electron chi connectivity index (χ1n) is 6.72. The van der Waals surface area contributed by atoms with Gasteiger partial charge >= 0.3 is 0 Å². The van der Waals surface area contributed by atoms with Crippen molar-refractivity contribution >= 4 is 17.4 Å². The zero-order valence-electron chi connectivity index (χ0n) is 12.1. The van der Waals surface area contributed by atoms with Crippen molar-refractivity contribution < 1.29 is 9.59 Å². The molecule has 2 aromatic rings. The molecule has 0 unspecified atom stereocenters. The lowest BCUT2D eigenvalue weighted by atomic mass is 9.98. The molecule has 2 rings (SSSR count). The van der Waals surface area contributed by atoms with E-state index in [1.165, 1.54) is 4.68 Å². The van der Waals surface area contributed by atoms with E-state index < -0.39 is 5.91 Å². The standard InChI is InChI=1S/C15H18N4O2/c1-3-6-11-12(13(15(17)21)19(2)18-11)14(20)9-7-4-5-8-10(9)16/h4-5,7-8H,3,6,16H2,1-2H3,(H2,17,21). The third-order valence-corrected chi connectivity index (χ3v) is 3.27. The van der Waals surface area contributed by atoms with Crippen LogP contribution >= 0.6 is 0 Å². The van der Waals surface area contributed by atoms with Gasteiger partial charge < -0.3 is 11.5 Å². The number of nitrogens with zero attached hydrogens (tertiary/aromatic N) is 2. The number of carbonyl (C=O) groups excluding carboxylic acids is 2. The average molecular weight is 286 g/mol. The molecule has 6 nitrogen and oxygen atoms in total. The van der Waals surface area contributed by atoms with E-state index in [2.05, 4.69) is 5.10 Å². The van der Waals surface area contributed by atoms with Gasteiger partial charge in [-0.05, 0) is 18.6 Å². The molecule has 1 aromatic carbocycles. The van der Waals surface area contributed by atoms with Crippen molar-refractivity contribution in [3.05, 3.63) is 46.8 Å². The molecule has 0 saturated heterocycles. The van der Waals surface area contributed by atoms with Crippen LogP contribution in [0.25, 0.3) is 0 Å². The zero-order valence-corrected chi connectivity index (χ0v) is 12.1. The first-order valence-corrected chi connectivity index (χ1v) is 6.72. The van der Waals surface area contributed by atoms with Crippen molar-refractivity contribution in [2.75, 3.05) is 5.73 Å². The lowest BCUT2D eigenvalue weighted by Gasteiger charge is -2.06. The van der Waals surface area contributed by atoms with Crippen molar-refractivity contribution in [1.82, 2.24) is 9.78 Å². The van der Waals surface area contributed by atoms with Gasteiger partial charge in [0.25, 0.3) is 5.91 Å². The SMILES string of the molecule is CCCc1nn(C)c(C(N)=O)c1C(=O)c1ccccc1N. The van der Waals surface area contributed by atoms with E-state index in [9.17, 15) is 9.59 Å². The van der Waals surface area contributed by atoms with E-state index in [1.54, 1.807) is 31.3 Å². The number of para-hydroxylation sites is 1. The largest absolute Gasteiger partial charge is 0.398 e. The Labute approximate surface area is 122 Å². The molecule has 0 bridgehead atoms. The van der Waals surface area contributed by atoms with Gasteiger partial charge in [-0.15, -0.1) is 0 Å². The van der Waals surface area contributed by atoms with Crippen LogP contribution in [0.3, 0.4) is 0 Å². The molecule has 110 valence electrons. The fourth-order valence-electron chi connectivity index (χ4n) is 2.35. The molecule has 0 fully saturated rings. The third-order valence-electron chi connectivity index (χ3n) is 3.27. The second-order valence-electron chi connectivity index (χ2n) is 4.82. The normalized spacial score (nSPS) is 10.6. The maximum atomic E-state index is 12.8. The maximum Gasteiger partial charge on any atom is 0.267 e. The van der Waals surface area contributed by atoms with Crippen LogP contribution < -0.4 is 11.5 Å². The van der Waals surface area contributed by atoms with Crippen molar-refractivity contribution in [2.45, 2.75) is 19.8 Å². The number of primary amides is 1. The van der Waals surface area contributed by atoms with E-state index in [-0.39, 0.29) is 17.0 Å². The minimum Gasteiger partial charge on any atom is -0.398 e. The number of ketones is 1. The van der Waals surface area contributed by atoms with Crippen molar-refractivity contribution in [1.29, 1.82) is 0 Å². The van der Waals surface area contributed by atoms with E-state index in [4.69, 9.17) is 11.5 Å². The van der Waals surface area contributed by atoms with E-state index >= 15 is 0 Å². The number of anilines is 1. The van der Waals surface area contributed by atoms with Crippen molar-refractivity contribution in [3.8, 4) is 0 Å². The third kappa shape index (κ3) is 2.65. The maximum absolute atomic E-state index is 12.8. The van der Waals surface area contributed by atoms with Gasteiger partial charge in [-0.3, -0.25) is 14.3 Å². The lowest BCUT2D eigenvalue weighted by Crippen LogP contribution is -2.20. The minimum atomic E-state index is -0.676. The summed E-state index contributed by atoms with van der Waals surface area (Å²) in [6, 6.07) is 6.75. The Hall–Kier alpha value is -2.63. The summed E-state index contributed by atoms with van der Waals surface area (Å²) in [6.45, 7) is 1.98. The summed E-state index contributed by atoms with van der Waals surface area (Å²) in [5.74, 6) is -0.997. The molecular formula is C15H18N4O2. The van der Waals surface area contributed by atoms with Gasteiger partial charge in [0.1, 0.15) is 5.69 Å². The van der Waals surface area contributed by atoms with Gasteiger partial charge in [0, 0.05) is 18.3 Å². The average Bonchev–Trinajstić information content (AvgIpc) is 2.75. The summed E-state index contributed by atoms with van der Waals surface area (Å²) in [5, 5.41) is 4.25. The van der Waals surface area contributed by atoms with Crippen LogP contribution in [0.2, 0.25) is 0 Å². The predicted octanol–water partition coefficient (Wildman–Crippen LogP) is 1.28. The number of amides is 1. The molecule has 1 heterocycles. The van der Waals surface area contributed by atoms with Gasteiger partial charge in [-0.25, -0.2) is 0 Å². The molecule has 0 aliphatic rings. The Morgan fingerprint density at radius 3 is 2.52 bits per heavy atom. The smallest absolute Gasteiger partial charge is 0.267 e. The predicted molar refractivity (Wildman–Crippen MR) is 80.0 cm³/mol. The molecule has 1 amide bonds. The van der Waals surface area contributed by atoms with Gasteiger partial charge in [0.15, 0.2) is 5.78 Å². The Morgan fingerprint density at radius 2 is 1.95 bits per heavy atom. The molecular weight excluding hydrogens is 268 g/mol. The molecule has 0 aliphatic heterocycles. The number of hydrogen-bond acceptors (Lipinski definition) is 4. The quantitative estimate of drug-likeness (QED) is 0.638. The summed E-state index contributed by atoms with van der Waals surface area (Å²) in [4.78, 5) is 24.4. The molecule has 0 atom stereocenters. The Bertz CT molecular complexity index is 704. The van der Waals surface area contributed by atoms with E-state index in [1.807, 2.05) is 6.92 Å². The molecule has 6 heteroatoms. The van der Waals surface area contributed by atoms with Crippen LogP contribution in [-0.2, 0) is 13.5 Å². The van der Waals surface area contributed by atoms with Gasteiger partial charge in [-0.1, -0.05) is 25.5 Å². The van der Waals surface area contributed by atoms with Gasteiger partial charge in [-0.2, -0.15) is 5.10 Å². The summed E-state index contributed by atoms with van der Waals surface area (Å²) in [7, 11) is 1.60. The molecule has 0 radical (unpaired) electrons. The van der Waals surface area contributed by atoms with Gasteiger partial charge in [0.2, 0.25) is 0 Å². The van der Waals surface area contributed by atoms with Gasteiger partial charge in [0.05, 0.1) is 11.3 Å². The lowest BCUT2D eigenvalue weighted by molar-refractivity contribution is 0.0973. The molecule has 0 saturated carbocycles. The number of benzene rings is 1. The number of nitrogens with two attached hydrogens (primary N) is 2. The van der Waals surface area contributed by atoms with Crippen molar-refractivity contribution in [3.63, 3.8) is 0 Å². The zero-order chi connectivity index (χ0) is 15.6. The highest BCUT2D eigenvalue weighted by atomic mass is 16.1. The summed E-state index contributed by atoms with van der Waals surface area (Å²) in [5.41, 5.74) is 12.9. The highest BCUT2D eigenvalue weighted by Crippen LogP contribution is 2.22. The van der Waals surface area contributed by atoms with Crippen LogP contribution in [0.15, 0.2) is 24.3 Å². The fraction of sp³-hybridized carbons (Fsp3) is 0.267. The number of carbonyl (C=O) groups is 2. The van der Waals surface area contributed by atoms with Crippen molar-refractivity contribution in [2.24, 2.45) is 12.8 Å². The van der Waals surface area contributed by atoms with Crippen LogP contribution in [0.4, 0.5) is 5.69 Å². The number of nitrogen functional groups attached to an aromatic ring is 1. The number of rotatable bonds is 5. The first kappa shape index (κ1) is 14.8. The van der Waals surface area contributed by atoms with E-state index in [0.29, 0.717) is 23.4 Å². The number of aryl methyl sites for hydroxylation is 2. The summed E-state index contributed by atoms with van der Waals surface area (Å²) in [6.07, 6.45) is 1.40. The fourth-order valence-corrected chi connectivity index (χ4v) is 2.35. The topological polar surface area (TPSA) is 104 Å². The molecule has 1 aromatic heterocycles.